The van der Waals surface area contributed by atoms with Crippen LogP contribution in [0.2, 0.25) is 0 Å². The molecular weight excluding hydrogens is 260 g/mol. The number of nitrogens with zero attached hydrogens (tertiary/aromatic N) is 2. The van der Waals surface area contributed by atoms with E-state index in [1.807, 2.05) is 23.3 Å². The highest BCUT2D eigenvalue weighted by molar-refractivity contribution is 5.48. The quantitative estimate of drug-likeness (QED) is 0.836. The number of hydrogen-bond acceptors (Lipinski definition) is 1. The van der Waals surface area contributed by atoms with Gasteiger partial charge in [0.25, 0.3) is 6.33 Å². The first-order valence-corrected chi connectivity index (χ1v) is 7.73. The lowest BCUT2D eigenvalue weighted by Crippen LogP contribution is -2.37. The van der Waals surface area contributed by atoms with Crippen molar-refractivity contribution in [2.24, 2.45) is 5.92 Å². The molecule has 3 heteroatoms. The number of aliphatic hydroxyl groups excluding tert-OH is 1. The molecule has 1 heterocycles. The third kappa shape index (κ3) is 3.73. The van der Waals surface area contributed by atoms with Crippen LogP contribution in [0.4, 0.5) is 0 Å². The Bertz CT molecular complexity index is 590. The molecule has 0 amide bonds. The highest BCUT2D eigenvalue weighted by Crippen LogP contribution is 2.20. The van der Waals surface area contributed by atoms with E-state index in [2.05, 4.69) is 51.3 Å². The molecule has 0 aliphatic heterocycles. The van der Waals surface area contributed by atoms with Gasteiger partial charge >= 0.3 is 0 Å². The number of aryl methyl sites for hydroxylation is 3. The van der Waals surface area contributed by atoms with Gasteiger partial charge in [-0.3, -0.25) is 0 Å². The fraction of sp³-hybridized carbons (Fsp3) is 0.500. The monoisotopic (exact) mass is 287 g/mol. The van der Waals surface area contributed by atoms with Crippen LogP contribution in [0.3, 0.4) is 0 Å². The number of hydrogen-bond donors (Lipinski definition) is 1. The van der Waals surface area contributed by atoms with E-state index in [1.54, 1.807) is 0 Å². The molecule has 1 aromatic carbocycles. The molecule has 2 aromatic rings. The van der Waals surface area contributed by atoms with Crippen molar-refractivity contribution < 1.29 is 9.67 Å². The van der Waals surface area contributed by atoms with Gasteiger partial charge in [-0.1, -0.05) is 31.5 Å². The van der Waals surface area contributed by atoms with Crippen molar-refractivity contribution >= 4 is 0 Å². The minimum Gasteiger partial charge on any atom is -0.355 e. The number of imidazole rings is 1. The molecule has 2 rings (SSSR count). The molecule has 3 nitrogen and oxygen atoms in total. The molecule has 114 valence electrons. The molecule has 0 saturated carbocycles. The van der Waals surface area contributed by atoms with Gasteiger partial charge in [0.1, 0.15) is 18.1 Å². The Hall–Kier alpha value is -1.61. The highest BCUT2D eigenvalue weighted by atomic mass is 16.3. The maximum absolute atomic E-state index is 10.3. The summed E-state index contributed by atoms with van der Waals surface area (Å²) in [5, 5.41) is 10.3. The molecule has 0 unspecified atom stereocenters. The first-order valence-electron chi connectivity index (χ1n) is 7.73. The molecule has 21 heavy (non-hydrogen) atoms. The smallest absolute Gasteiger partial charge is 0.251 e. The molecule has 1 N–H and O–H groups in total. The van der Waals surface area contributed by atoms with E-state index in [0.29, 0.717) is 5.92 Å². The van der Waals surface area contributed by atoms with Crippen molar-refractivity contribution in [1.29, 1.82) is 0 Å². The second kappa shape index (κ2) is 6.44. The number of rotatable bonds is 5. The van der Waals surface area contributed by atoms with Gasteiger partial charge < -0.3 is 5.11 Å². The zero-order valence-electron chi connectivity index (χ0n) is 13.8. The third-order valence-corrected chi connectivity index (χ3v) is 3.90. The summed E-state index contributed by atoms with van der Waals surface area (Å²) >= 11 is 0. The summed E-state index contributed by atoms with van der Waals surface area (Å²) in [5.41, 5.74) is 5.00. The largest absolute Gasteiger partial charge is 0.355 e. The summed E-state index contributed by atoms with van der Waals surface area (Å²) in [6.07, 6.45) is 7.32. The predicted molar refractivity (Wildman–Crippen MR) is 85.5 cm³/mol. The lowest BCUT2D eigenvalue weighted by molar-refractivity contribution is -0.759. The fourth-order valence-electron chi connectivity index (χ4n) is 2.89. The van der Waals surface area contributed by atoms with Gasteiger partial charge in [-0.2, -0.15) is 0 Å². The number of aliphatic hydroxyl groups is 1. The number of benzene rings is 1. The lowest BCUT2D eigenvalue weighted by atomic mass is 10.1. The van der Waals surface area contributed by atoms with Gasteiger partial charge in [0.15, 0.2) is 6.23 Å². The van der Waals surface area contributed by atoms with Crippen LogP contribution in [0.25, 0.3) is 5.69 Å². The van der Waals surface area contributed by atoms with Crippen LogP contribution in [0.5, 0.6) is 0 Å². The number of aromatic nitrogens is 2. The predicted octanol–water partition coefficient (Wildman–Crippen LogP) is 3.62. The van der Waals surface area contributed by atoms with Crippen molar-refractivity contribution in [2.45, 2.75) is 53.7 Å². The molecule has 0 bridgehead atoms. The fourth-order valence-corrected chi connectivity index (χ4v) is 2.89. The summed E-state index contributed by atoms with van der Waals surface area (Å²) < 4.78 is 3.99. The molecule has 0 aliphatic rings. The van der Waals surface area contributed by atoms with E-state index >= 15 is 0 Å². The van der Waals surface area contributed by atoms with Crippen LogP contribution in [-0.4, -0.2) is 9.67 Å². The topological polar surface area (TPSA) is 29.0 Å². The van der Waals surface area contributed by atoms with E-state index in [4.69, 9.17) is 0 Å². The summed E-state index contributed by atoms with van der Waals surface area (Å²) in [6.45, 7) is 10.8. The van der Waals surface area contributed by atoms with Crippen molar-refractivity contribution in [3.05, 3.63) is 47.5 Å². The zero-order chi connectivity index (χ0) is 15.6. The lowest BCUT2D eigenvalue weighted by Gasteiger charge is -2.09. The van der Waals surface area contributed by atoms with Crippen molar-refractivity contribution in [1.82, 2.24) is 4.57 Å². The van der Waals surface area contributed by atoms with Crippen molar-refractivity contribution in [3.63, 3.8) is 0 Å². The van der Waals surface area contributed by atoms with Crippen LogP contribution in [0, 0.1) is 26.7 Å². The average molecular weight is 287 g/mol. The Kier molecular flexibility index (Phi) is 4.84. The van der Waals surface area contributed by atoms with E-state index < -0.39 is 6.23 Å². The molecule has 0 fully saturated rings. The maximum Gasteiger partial charge on any atom is 0.251 e. The normalized spacial score (nSPS) is 12.9. The van der Waals surface area contributed by atoms with Crippen LogP contribution < -0.4 is 4.57 Å². The SMILES string of the molecule is Cc1cc(C)c(-n2cc[n+]([C@@H](O)CCC(C)C)c2)c(C)c1. The molecular formula is C18H27N2O+. The van der Waals surface area contributed by atoms with Gasteiger partial charge in [0.05, 0.1) is 0 Å². The van der Waals surface area contributed by atoms with Crippen molar-refractivity contribution in [2.75, 3.05) is 0 Å². The molecule has 0 radical (unpaired) electrons. The Labute approximate surface area is 127 Å². The highest BCUT2D eigenvalue weighted by Gasteiger charge is 2.17. The van der Waals surface area contributed by atoms with Crippen LogP contribution in [0.1, 0.15) is 49.6 Å². The minimum absolute atomic E-state index is 0.445. The molecule has 1 aromatic heterocycles. The Morgan fingerprint density at radius 3 is 2.29 bits per heavy atom. The van der Waals surface area contributed by atoms with E-state index in [9.17, 15) is 5.11 Å². The first kappa shape index (κ1) is 15.8. The second-order valence-corrected chi connectivity index (χ2v) is 6.47. The van der Waals surface area contributed by atoms with E-state index in [0.717, 1.165) is 12.8 Å². The Balaban J connectivity index is 2.24. The van der Waals surface area contributed by atoms with Gasteiger partial charge in [-0.25, -0.2) is 9.13 Å². The summed E-state index contributed by atoms with van der Waals surface area (Å²) in [4.78, 5) is 0. The molecule has 1 atom stereocenters. The van der Waals surface area contributed by atoms with Crippen LogP contribution in [0.15, 0.2) is 30.9 Å². The van der Waals surface area contributed by atoms with E-state index in [1.165, 1.54) is 22.4 Å². The Morgan fingerprint density at radius 2 is 1.71 bits per heavy atom. The van der Waals surface area contributed by atoms with E-state index in [-0.39, 0.29) is 0 Å². The van der Waals surface area contributed by atoms with Gasteiger partial charge in [0, 0.05) is 6.42 Å². The zero-order valence-corrected chi connectivity index (χ0v) is 13.8. The summed E-state index contributed by atoms with van der Waals surface area (Å²) in [7, 11) is 0. The van der Waals surface area contributed by atoms with Crippen LogP contribution in [-0.2, 0) is 0 Å². The van der Waals surface area contributed by atoms with Crippen molar-refractivity contribution in [3.8, 4) is 5.69 Å². The summed E-state index contributed by atoms with van der Waals surface area (Å²) in [6, 6.07) is 4.39. The van der Waals surface area contributed by atoms with Crippen LogP contribution >= 0.6 is 0 Å². The summed E-state index contributed by atoms with van der Waals surface area (Å²) in [5.74, 6) is 0.615. The average Bonchev–Trinajstić information content (AvgIpc) is 2.84. The molecule has 0 spiro atoms. The maximum atomic E-state index is 10.3. The third-order valence-electron chi connectivity index (χ3n) is 3.90. The van der Waals surface area contributed by atoms with Gasteiger partial charge in [-0.15, -0.1) is 0 Å². The van der Waals surface area contributed by atoms with Gasteiger partial charge in [0.2, 0.25) is 0 Å². The molecule has 0 saturated heterocycles. The molecule has 0 aliphatic carbocycles. The van der Waals surface area contributed by atoms with Gasteiger partial charge in [-0.05, 0) is 44.2 Å². The first-order chi connectivity index (χ1) is 9.88. The standard InChI is InChI=1S/C18H27N2O/c1-13(2)6-7-17(21)19-8-9-20(12-19)18-15(4)10-14(3)11-16(18)5/h8-13,17,21H,6-7H2,1-5H3/q+1/t17-/m0/s1. The Morgan fingerprint density at radius 1 is 1.10 bits per heavy atom. The minimum atomic E-state index is -0.445. The second-order valence-electron chi connectivity index (χ2n) is 6.47.